The smallest absolute Gasteiger partial charge is 0.323 e. The number of anilines is 1. The van der Waals surface area contributed by atoms with E-state index >= 15 is 0 Å². The molecule has 0 fully saturated rings. The van der Waals surface area contributed by atoms with Crippen molar-refractivity contribution in [3.8, 4) is 0 Å². The van der Waals surface area contributed by atoms with E-state index in [1.54, 1.807) is 0 Å². The van der Waals surface area contributed by atoms with Gasteiger partial charge in [0, 0.05) is 16.7 Å². The zero-order valence-electron chi connectivity index (χ0n) is 9.43. The van der Waals surface area contributed by atoms with Gasteiger partial charge in [0.1, 0.15) is 6.54 Å². The molecule has 2 rings (SSSR count). The van der Waals surface area contributed by atoms with Crippen molar-refractivity contribution in [1.29, 1.82) is 0 Å². The standard InChI is InChI=1S/C12H15NO2S/c1-8-4-3-5-10-12(8)13(7-11(14)15)6-9(2)16-10/h3-5,9H,6-7H2,1-2H3,(H,14,15). The highest BCUT2D eigenvalue weighted by atomic mass is 32.2. The van der Waals surface area contributed by atoms with Crippen LogP contribution in [0.2, 0.25) is 0 Å². The van der Waals surface area contributed by atoms with Gasteiger partial charge in [-0.1, -0.05) is 19.1 Å². The molecule has 0 amide bonds. The third-order valence-corrected chi connectivity index (χ3v) is 3.78. The highest BCUT2D eigenvalue weighted by molar-refractivity contribution is 8.00. The molecule has 4 heteroatoms. The predicted molar refractivity (Wildman–Crippen MR) is 66.3 cm³/mol. The second kappa shape index (κ2) is 4.37. The van der Waals surface area contributed by atoms with Crippen LogP contribution in [-0.2, 0) is 4.79 Å². The second-order valence-electron chi connectivity index (χ2n) is 4.12. The third-order valence-electron chi connectivity index (χ3n) is 2.65. The summed E-state index contributed by atoms with van der Waals surface area (Å²) in [5.74, 6) is -0.770. The number of benzene rings is 1. The van der Waals surface area contributed by atoms with Crippen LogP contribution in [0.4, 0.5) is 5.69 Å². The molecule has 0 aliphatic carbocycles. The van der Waals surface area contributed by atoms with E-state index < -0.39 is 5.97 Å². The van der Waals surface area contributed by atoms with Gasteiger partial charge in [0.2, 0.25) is 0 Å². The van der Waals surface area contributed by atoms with Gasteiger partial charge in [0.25, 0.3) is 0 Å². The molecule has 3 nitrogen and oxygen atoms in total. The van der Waals surface area contributed by atoms with Crippen molar-refractivity contribution in [3.63, 3.8) is 0 Å². The van der Waals surface area contributed by atoms with Crippen LogP contribution in [0.3, 0.4) is 0 Å². The first kappa shape index (κ1) is 11.3. The zero-order valence-corrected chi connectivity index (χ0v) is 10.3. The summed E-state index contributed by atoms with van der Waals surface area (Å²) in [5, 5.41) is 9.36. The van der Waals surface area contributed by atoms with E-state index in [1.165, 1.54) is 4.90 Å². The molecule has 1 aromatic carbocycles. The molecule has 1 unspecified atom stereocenters. The maximum atomic E-state index is 10.8. The number of carbonyl (C=O) groups is 1. The van der Waals surface area contributed by atoms with Gasteiger partial charge >= 0.3 is 5.97 Å². The second-order valence-corrected chi connectivity index (χ2v) is 5.60. The molecule has 0 radical (unpaired) electrons. The lowest BCUT2D eigenvalue weighted by Crippen LogP contribution is -2.37. The van der Waals surface area contributed by atoms with E-state index in [4.69, 9.17) is 5.11 Å². The minimum atomic E-state index is -0.770. The summed E-state index contributed by atoms with van der Waals surface area (Å²) in [6, 6.07) is 6.12. The number of rotatable bonds is 2. The van der Waals surface area contributed by atoms with Gasteiger partial charge in [-0.15, -0.1) is 11.8 Å². The van der Waals surface area contributed by atoms with Crippen molar-refractivity contribution in [1.82, 2.24) is 0 Å². The van der Waals surface area contributed by atoms with Crippen LogP contribution < -0.4 is 4.90 Å². The minimum Gasteiger partial charge on any atom is -0.480 e. The summed E-state index contributed by atoms with van der Waals surface area (Å²) < 4.78 is 0. The van der Waals surface area contributed by atoms with Crippen molar-refractivity contribution in [2.45, 2.75) is 24.0 Å². The summed E-state index contributed by atoms with van der Waals surface area (Å²) in [6.45, 7) is 5.05. The third kappa shape index (κ3) is 2.16. The lowest BCUT2D eigenvalue weighted by molar-refractivity contribution is -0.135. The van der Waals surface area contributed by atoms with Crippen molar-refractivity contribution in [2.24, 2.45) is 0 Å². The summed E-state index contributed by atoms with van der Waals surface area (Å²) in [6.07, 6.45) is 0. The van der Waals surface area contributed by atoms with Crippen LogP contribution in [0.1, 0.15) is 12.5 Å². The number of aliphatic carboxylic acids is 1. The number of hydrogen-bond donors (Lipinski definition) is 1. The minimum absolute atomic E-state index is 0.0861. The van der Waals surface area contributed by atoms with Crippen LogP contribution >= 0.6 is 11.8 Å². The van der Waals surface area contributed by atoms with E-state index in [2.05, 4.69) is 13.0 Å². The van der Waals surface area contributed by atoms with Crippen LogP contribution in [0.25, 0.3) is 0 Å². The quantitative estimate of drug-likeness (QED) is 0.857. The molecule has 1 aromatic rings. The van der Waals surface area contributed by atoms with E-state index in [9.17, 15) is 4.79 Å². The molecule has 86 valence electrons. The first-order valence-corrected chi connectivity index (χ1v) is 6.19. The molecular weight excluding hydrogens is 222 g/mol. The Kier molecular flexibility index (Phi) is 3.10. The van der Waals surface area contributed by atoms with E-state index in [0.717, 1.165) is 17.8 Å². The summed E-state index contributed by atoms with van der Waals surface area (Å²) >= 11 is 1.82. The van der Waals surface area contributed by atoms with Gasteiger partial charge < -0.3 is 10.0 Å². The van der Waals surface area contributed by atoms with Crippen LogP contribution in [0, 0.1) is 6.92 Å². The Bertz CT molecular complexity index is 419. The number of fused-ring (bicyclic) bond motifs is 1. The molecule has 1 atom stereocenters. The fourth-order valence-corrected chi connectivity index (χ4v) is 3.34. The van der Waals surface area contributed by atoms with Gasteiger partial charge in [0.15, 0.2) is 0 Å². The number of carboxylic acid groups (broad SMARTS) is 1. The maximum Gasteiger partial charge on any atom is 0.323 e. The Hall–Kier alpha value is -1.16. The first-order valence-electron chi connectivity index (χ1n) is 5.31. The van der Waals surface area contributed by atoms with E-state index in [-0.39, 0.29) is 6.54 Å². The summed E-state index contributed by atoms with van der Waals surface area (Å²) in [5.41, 5.74) is 2.24. The van der Waals surface area contributed by atoms with Crippen molar-refractivity contribution < 1.29 is 9.90 Å². The van der Waals surface area contributed by atoms with Crippen molar-refractivity contribution in [2.75, 3.05) is 18.0 Å². The number of nitrogens with zero attached hydrogens (tertiary/aromatic N) is 1. The average Bonchev–Trinajstić information content (AvgIpc) is 2.15. The molecule has 0 aromatic heterocycles. The number of carboxylic acids is 1. The molecule has 1 heterocycles. The number of para-hydroxylation sites is 1. The van der Waals surface area contributed by atoms with Crippen molar-refractivity contribution in [3.05, 3.63) is 23.8 Å². The van der Waals surface area contributed by atoms with E-state index in [1.807, 2.05) is 35.7 Å². The molecule has 0 saturated heterocycles. The Labute approximate surface area is 99.5 Å². The van der Waals surface area contributed by atoms with Gasteiger partial charge in [-0.3, -0.25) is 4.79 Å². The molecule has 1 N–H and O–H groups in total. The maximum absolute atomic E-state index is 10.8. The lowest BCUT2D eigenvalue weighted by Gasteiger charge is -2.34. The van der Waals surface area contributed by atoms with Gasteiger partial charge in [-0.25, -0.2) is 0 Å². The molecule has 0 spiro atoms. The SMILES string of the molecule is Cc1cccc2c1N(CC(=O)O)CC(C)S2. The van der Waals surface area contributed by atoms with Crippen LogP contribution in [-0.4, -0.2) is 29.4 Å². The Morgan fingerprint density at radius 1 is 1.62 bits per heavy atom. The fourth-order valence-electron chi connectivity index (χ4n) is 2.09. The first-order chi connectivity index (χ1) is 7.58. The zero-order chi connectivity index (χ0) is 11.7. The fraction of sp³-hybridized carbons (Fsp3) is 0.417. The van der Waals surface area contributed by atoms with Crippen molar-refractivity contribution >= 4 is 23.4 Å². The molecule has 0 bridgehead atoms. The predicted octanol–water partition coefficient (Wildman–Crippen LogP) is 2.38. The van der Waals surface area contributed by atoms with Crippen LogP contribution in [0.5, 0.6) is 0 Å². The Morgan fingerprint density at radius 3 is 3.06 bits per heavy atom. The molecule has 1 aliphatic heterocycles. The number of hydrogen-bond acceptors (Lipinski definition) is 3. The molecule has 1 aliphatic rings. The highest BCUT2D eigenvalue weighted by Crippen LogP contribution is 2.40. The Balaban J connectivity index is 2.39. The summed E-state index contributed by atoms with van der Waals surface area (Å²) in [4.78, 5) is 14.0. The Morgan fingerprint density at radius 2 is 2.38 bits per heavy atom. The molecular formula is C12H15NO2S. The average molecular weight is 237 g/mol. The van der Waals surface area contributed by atoms with Gasteiger partial charge in [0.05, 0.1) is 5.69 Å². The number of thioether (sulfide) groups is 1. The van der Waals surface area contributed by atoms with Gasteiger partial charge in [-0.05, 0) is 18.6 Å². The summed E-state index contributed by atoms with van der Waals surface area (Å²) in [7, 11) is 0. The monoisotopic (exact) mass is 237 g/mol. The van der Waals surface area contributed by atoms with Crippen LogP contribution in [0.15, 0.2) is 23.1 Å². The number of aryl methyl sites for hydroxylation is 1. The van der Waals surface area contributed by atoms with E-state index in [0.29, 0.717) is 5.25 Å². The largest absolute Gasteiger partial charge is 0.480 e. The molecule has 16 heavy (non-hydrogen) atoms. The molecule has 0 saturated carbocycles. The normalized spacial score (nSPS) is 19.4. The lowest BCUT2D eigenvalue weighted by atomic mass is 10.1. The topological polar surface area (TPSA) is 40.5 Å². The highest BCUT2D eigenvalue weighted by Gasteiger charge is 2.24. The van der Waals surface area contributed by atoms with Gasteiger partial charge in [-0.2, -0.15) is 0 Å².